The molecule has 0 radical (unpaired) electrons. The number of hydrogen-bond acceptors (Lipinski definition) is 3. The van der Waals surface area contributed by atoms with E-state index in [1.807, 2.05) is 12.1 Å². The summed E-state index contributed by atoms with van der Waals surface area (Å²) in [4.78, 5) is 16.2. The number of rotatable bonds is 7. The fourth-order valence-corrected chi connectivity index (χ4v) is 4.67. The molecule has 4 rings (SSSR count). The second-order valence-electron chi connectivity index (χ2n) is 8.89. The summed E-state index contributed by atoms with van der Waals surface area (Å²) in [5.41, 5.74) is 6.58. The molecule has 5 heteroatoms. The van der Waals surface area contributed by atoms with Crippen molar-refractivity contribution in [1.82, 2.24) is 14.4 Å². The molecule has 0 unspecified atom stereocenters. The summed E-state index contributed by atoms with van der Waals surface area (Å²) in [5, 5.41) is 10.6. The molecule has 3 aromatic rings. The predicted octanol–water partition coefficient (Wildman–Crippen LogP) is 4.18. The first-order chi connectivity index (χ1) is 14.9. The van der Waals surface area contributed by atoms with Crippen LogP contribution >= 0.6 is 0 Å². The smallest absolute Gasteiger partial charge is 0.335 e. The van der Waals surface area contributed by atoms with Crippen LogP contribution in [0.25, 0.3) is 10.9 Å². The van der Waals surface area contributed by atoms with Crippen molar-refractivity contribution in [2.75, 3.05) is 39.8 Å². The molecule has 1 aromatic heterocycles. The number of nitrogens with zero attached hydrogens (tertiary/aromatic N) is 3. The minimum atomic E-state index is -0.877. The number of fused-ring (bicyclic) bond motifs is 1. The van der Waals surface area contributed by atoms with Gasteiger partial charge in [-0.25, -0.2) is 4.79 Å². The van der Waals surface area contributed by atoms with Crippen molar-refractivity contribution >= 4 is 16.9 Å². The molecular weight excluding hydrogens is 386 g/mol. The fourth-order valence-electron chi connectivity index (χ4n) is 4.67. The van der Waals surface area contributed by atoms with Gasteiger partial charge in [0.25, 0.3) is 0 Å². The van der Waals surface area contributed by atoms with Crippen molar-refractivity contribution in [3.8, 4) is 0 Å². The van der Waals surface area contributed by atoms with Gasteiger partial charge in [-0.2, -0.15) is 0 Å². The van der Waals surface area contributed by atoms with Gasteiger partial charge in [-0.3, -0.25) is 0 Å². The van der Waals surface area contributed by atoms with Crippen LogP contribution < -0.4 is 0 Å². The highest BCUT2D eigenvalue weighted by Gasteiger charge is 2.15. The molecule has 31 heavy (non-hydrogen) atoms. The molecule has 1 N–H and O–H groups in total. The zero-order valence-corrected chi connectivity index (χ0v) is 18.9. The van der Waals surface area contributed by atoms with E-state index in [0.717, 1.165) is 31.5 Å². The molecule has 1 fully saturated rings. The first-order valence-corrected chi connectivity index (χ1v) is 11.2. The quantitative estimate of drug-likeness (QED) is 0.624. The molecule has 2 aromatic carbocycles. The fraction of sp³-hybridized carbons (Fsp3) is 0.423. The Morgan fingerprint density at radius 3 is 2.45 bits per heavy atom. The lowest BCUT2D eigenvalue weighted by Gasteiger charge is -2.32. The molecule has 2 heterocycles. The van der Waals surface area contributed by atoms with Gasteiger partial charge in [0.05, 0.1) is 5.56 Å². The lowest BCUT2D eigenvalue weighted by molar-refractivity contribution is 0.0696. The van der Waals surface area contributed by atoms with Gasteiger partial charge in [-0.1, -0.05) is 18.2 Å². The Morgan fingerprint density at radius 1 is 0.968 bits per heavy atom. The Morgan fingerprint density at radius 2 is 1.71 bits per heavy atom. The normalized spacial score (nSPS) is 15.6. The van der Waals surface area contributed by atoms with Crippen molar-refractivity contribution in [3.05, 3.63) is 70.4 Å². The molecule has 0 bridgehead atoms. The first kappa shape index (κ1) is 21.6. The van der Waals surface area contributed by atoms with Crippen LogP contribution in [0.15, 0.2) is 42.5 Å². The summed E-state index contributed by atoms with van der Waals surface area (Å²) in [5.74, 6) is -0.877. The first-order valence-electron chi connectivity index (χ1n) is 11.2. The Balaban J connectivity index is 1.48. The molecule has 0 aliphatic carbocycles. The second kappa shape index (κ2) is 9.25. The molecule has 0 saturated carbocycles. The van der Waals surface area contributed by atoms with E-state index in [1.54, 1.807) is 12.1 Å². The van der Waals surface area contributed by atoms with Crippen LogP contribution in [-0.4, -0.2) is 65.2 Å². The summed E-state index contributed by atoms with van der Waals surface area (Å²) >= 11 is 0. The third-order valence-electron chi connectivity index (χ3n) is 6.74. The lowest BCUT2D eigenvalue weighted by Crippen LogP contribution is -2.44. The average Bonchev–Trinajstić information content (AvgIpc) is 3.00. The molecule has 0 amide bonds. The summed E-state index contributed by atoms with van der Waals surface area (Å²) in [7, 11) is 2.20. The van der Waals surface area contributed by atoms with E-state index in [0.29, 0.717) is 5.56 Å². The highest BCUT2D eigenvalue weighted by molar-refractivity contribution is 5.88. The Labute approximate surface area is 184 Å². The molecule has 1 aliphatic heterocycles. The Hall–Kier alpha value is -2.63. The highest BCUT2D eigenvalue weighted by Crippen LogP contribution is 2.27. The molecule has 5 nitrogen and oxygen atoms in total. The zero-order valence-electron chi connectivity index (χ0n) is 18.9. The van der Waals surface area contributed by atoms with E-state index >= 15 is 0 Å². The minimum absolute atomic E-state index is 0.345. The molecular formula is C26H33N3O2. The van der Waals surface area contributed by atoms with Crippen molar-refractivity contribution in [3.63, 3.8) is 0 Å². The number of likely N-dealkylation sites (N-methyl/N-ethyl adjacent to an activating group) is 1. The summed E-state index contributed by atoms with van der Waals surface area (Å²) in [6.07, 6.45) is 1.90. The third kappa shape index (κ3) is 4.83. The number of aromatic carboxylic acids is 1. The van der Waals surface area contributed by atoms with E-state index in [4.69, 9.17) is 0 Å². The lowest BCUT2D eigenvalue weighted by atomic mass is 10.0. The van der Waals surface area contributed by atoms with E-state index in [9.17, 15) is 9.90 Å². The maximum absolute atomic E-state index is 11.3. The number of hydrogen-bond donors (Lipinski definition) is 1. The van der Waals surface area contributed by atoms with Gasteiger partial charge in [0.15, 0.2) is 0 Å². The summed E-state index contributed by atoms with van der Waals surface area (Å²) in [6, 6.07) is 13.9. The number of carboxylic acid groups (broad SMARTS) is 1. The number of carboxylic acids is 1. The third-order valence-corrected chi connectivity index (χ3v) is 6.74. The van der Waals surface area contributed by atoms with Crippen molar-refractivity contribution < 1.29 is 9.90 Å². The van der Waals surface area contributed by atoms with Gasteiger partial charge >= 0.3 is 5.97 Å². The van der Waals surface area contributed by atoms with Gasteiger partial charge in [0.2, 0.25) is 0 Å². The second-order valence-corrected chi connectivity index (χ2v) is 8.89. The summed E-state index contributed by atoms with van der Waals surface area (Å²) < 4.78 is 2.47. The van der Waals surface area contributed by atoms with Crippen LogP contribution in [0.5, 0.6) is 0 Å². The average molecular weight is 420 g/mol. The van der Waals surface area contributed by atoms with Gasteiger partial charge in [0, 0.05) is 49.3 Å². The topological polar surface area (TPSA) is 48.7 Å². The van der Waals surface area contributed by atoms with E-state index in [-0.39, 0.29) is 0 Å². The molecule has 0 spiro atoms. The zero-order chi connectivity index (χ0) is 22.0. The van der Waals surface area contributed by atoms with Crippen LogP contribution in [-0.2, 0) is 13.0 Å². The van der Waals surface area contributed by atoms with Crippen molar-refractivity contribution in [2.24, 2.45) is 0 Å². The van der Waals surface area contributed by atoms with Crippen molar-refractivity contribution in [1.29, 1.82) is 0 Å². The minimum Gasteiger partial charge on any atom is -0.478 e. The Bertz CT molecular complexity index is 1080. The van der Waals surface area contributed by atoms with Gasteiger partial charge in [-0.15, -0.1) is 0 Å². The van der Waals surface area contributed by atoms with Crippen molar-refractivity contribution in [2.45, 2.75) is 33.2 Å². The van der Waals surface area contributed by atoms with Crippen LogP contribution in [0.1, 0.15) is 39.2 Å². The van der Waals surface area contributed by atoms with E-state index in [1.165, 1.54) is 53.9 Å². The summed E-state index contributed by atoms with van der Waals surface area (Å²) in [6.45, 7) is 11.3. The highest BCUT2D eigenvalue weighted by atomic mass is 16.4. The largest absolute Gasteiger partial charge is 0.478 e. The molecule has 0 atom stereocenters. The van der Waals surface area contributed by atoms with Gasteiger partial charge < -0.3 is 19.5 Å². The van der Waals surface area contributed by atoms with E-state index < -0.39 is 5.97 Å². The molecule has 1 saturated heterocycles. The van der Waals surface area contributed by atoms with Crippen LogP contribution in [0.4, 0.5) is 0 Å². The SMILES string of the molecule is Cc1c(C)n(CCCN2CCN(C)CC2)c2ccc(Cc3cccc(C(=O)O)c3)cc12. The number of aryl methyl sites for hydroxylation is 2. The monoisotopic (exact) mass is 419 g/mol. The standard InChI is InChI=1S/C26H33N3O2/c1-19-20(2)29(11-5-10-28-14-12-27(3)13-15-28)25-9-8-22(18-24(19)25)16-21-6-4-7-23(17-21)26(30)31/h4,6-9,17-18H,5,10-16H2,1-3H3,(H,30,31). The van der Waals surface area contributed by atoms with Crippen LogP contribution in [0, 0.1) is 13.8 Å². The number of benzene rings is 2. The predicted molar refractivity (Wildman–Crippen MR) is 126 cm³/mol. The van der Waals surface area contributed by atoms with Gasteiger partial charge in [0.1, 0.15) is 0 Å². The number of carbonyl (C=O) groups is 1. The number of piperazine rings is 1. The molecule has 164 valence electrons. The van der Waals surface area contributed by atoms with Crippen LogP contribution in [0.2, 0.25) is 0 Å². The van der Waals surface area contributed by atoms with Gasteiger partial charge in [-0.05, 0) is 81.2 Å². The maximum atomic E-state index is 11.3. The van der Waals surface area contributed by atoms with Crippen LogP contribution in [0.3, 0.4) is 0 Å². The maximum Gasteiger partial charge on any atom is 0.335 e. The van der Waals surface area contributed by atoms with E-state index in [2.05, 4.69) is 53.5 Å². The molecule has 1 aliphatic rings. The number of aromatic nitrogens is 1. The Kier molecular flexibility index (Phi) is 6.44.